The number of ether oxygens (including phenoxy) is 1. The average molecular weight is 284 g/mol. The van der Waals surface area contributed by atoms with Crippen molar-refractivity contribution in [1.82, 2.24) is 20.3 Å². The highest BCUT2D eigenvalue weighted by atomic mass is 16.5. The number of hydrogen-bond donors (Lipinski definition) is 1. The molecule has 2 unspecified atom stereocenters. The molecule has 5 heteroatoms. The first kappa shape index (κ1) is 13.0. The van der Waals surface area contributed by atoms with Crippen LogP contribution in [0.15, 0.2) is 36.5 Å². The van der Waals surface area contributed by atoms with Gasteiger partial charge in [-0.15, -0.1) is 0 Å². The quantitative estimate of drug-likeness (QED) is 0.911. The monoisotopic (exact) mass is 284 g/mol. The fourth-order valence-electron chi connectivity index (χ4n) is 3.02. The zero-order valence-electron chi connectivity index (χ0n) is 12.0. The zero-order valence-corrected chi connectivity index (χ0v) is 12.0. The third-order valence-corrected chi connectivity index (χ3v) is 4.29. The Morgan fingerprint density at radius 1 is 1.19 bits per heavy atom. The topological polar surface area (TPSA) is 52.0 Å². The van der Waals surface area contributed by atoms with Crippen LogP contribution in [0.4, 0.5) is 0 Å². The van der Waals surface area contributed by atoms with Gasteiger partial charge in [-0.2, -0.15) is 15.0 Å². The van der Waals surface area contributed by atoms with E-state index in [4.69, 9.17) is 4.74 Å². The molecule has 2 fully saturated rings. The lowest BCUT2D eigenvalue weighted by atomic mass is 10.1. The first-order valence-corrected chi connectivity index (χ1v) is 7.72. The first-order chi connectivity index (χ1) is 10.4. The largest absolute Gasteiger partial charge is 0.376 e. The standard InChI is InChI=1S/C16H20N4O/c1-2-4-14(5-3-1)20-18-11-13(19-20)10-17-15-8-9-21-16(15)12-6-7-12/h1-5,11-12,15-17H,6-10H2. The Hall–Kier alpha value is -1.72. The predicted octanol–water partition coefficient (Wildman–Crippen LogP) is 1.92. The molecular weight excluding hydrogens is 264 g/mol. The fraction of sp³-hybridized carbons (Fsp3) is 0.500. The van der Waals surface area contributed by atoms with Crippen LogP contribution in [0.5, 0.6) is 0 Å². The summed E-state index contributed by atoms with van der Waals surface area (Å²) in [7, 11) is 0. The molecule has 2 aromatic rings. The van der Waals surface area contributed by atoms with Gasteiger partial charge in [0.05, 0.1) is 23.7 Å². The molecule has 1 saturated carbocycles. The lowest BCUT2D eigenvalue weighted by Crippen LogP contribution is -2.37. The molecule has 1 aromatic carbocycles. The number of nitrogens with zero attached hydrogens (tertiary/aromatic N) is 3. The molecule has 4 rings (SSSR count). The second-order valence-electron chi connectivity index (χ2n) is 5.91. The van der Waals surface area contributed by atoms with Crippen molar-refractivity contribution in [3.8, 4) is 5.69 Å². The summed E-state index contributed by atoms with van der Waals surface area (Å²) in [5.74, 6) is 0.782. The van der Waals surface area contributed by atoms with Gasteiger partial charge < -0.3 is 10.1 Å². The number of benzene rings is 1. The Kier molecular flexibility index (Phi) is 3.45. The van der Waals surface area contributed by atoms with Gasteiger partial charge in [0, 0.05) is 19.2 Å². The molecule has 2 atom stereocenters. The molecule has 1 aromatic heterocycles. The summed E-state index contributed by atoms with van der Waals surface area (Å²) < 4.78 is 5.85. The van der Waals surface area contributed by atoms with Crippen molar-refractivity contribution in [2.45, 2.75) is 38.0 Å². The molecule has 0 spiro atoms. The number of para-hydroxylation sites is 1. The van der Waals surface area contributed by atoms with Crippen LogP contribution in [-0.4, -0.2) is 33.7 Å². The number of nitrogens with one attached hydrogen (secondary N) is 1. The van der Waals surface area contributed by atoms with Crippen LogP contribution < -0.4 is 5.32 Å². The highest BCUT2D eigenvalue weighted by molar-refractivity contribution is 5.28. The predicted molar refractivity (Wildman–Crippen MR) is 79.1 cm³/mol. The second-order valence-corrected chi connectivity index (χ2v) is 5.91. The first-order valence-electron chi connectivity index (χ1n) is 7.72. The van der Waals surface area contributed by atoms with Gasteiger partial charge in [0.2, 0.25) is 0 Å². The van der Waals surface area contributed by atoms with Gasteiger partial charge >= 0.3 is 0 Å². The molecule has 0 radical (unpaired) electrons. The molecule has 0 bridgehead atoms. The van der Waals surface area contributed by atoms with Gasteiger partial charge in [-0.25, -0.2) is 0 Å². The van der Waals surface area contributed by atoms with Gasteiger partial charge in [0.1, 0.15) is 0 Å². The zero-order chi connectivity index (χ0) is 14.1. The van der Waals surface area contributed by atoms with Crippen LogP contribution >= 0.6 is 0 Å². The third-order valence-electron chi connectivity index (χ3n) is 4.29. The van der Waals surface area contributed by atoms with E-state index in [1.54, 1.807) is 4.80 Å². The van der Waals surface area contributed by atoms with E-state index in [-0.39, 0.29) is 0 Å². The lowest BCUT2D eigenvalue weighted by Gasteiger charge is -2.18. The highest BCUT2D eigenvalue weighted by Crippen LogP contribution is 2.38. The molecule has 1 saturated heterocycles. The highest BCUT2D eigenvalue weighted by Gasteiger charge is 2.40. The van der Waals surface area contributed by atoms with E-state index >= 15 is 0 Å². The Labute approximate surface area is 124 Å². The third kappa shape index (κ3) is 2.84. The van der Waals surface area contributed by atoms with Gasteiger partial charge in [-0.05, 0) is 37.3 Å². The Balaban J connectivity index is 1.38. The van der Waals surface area contributed by atoms with Crippen LogP contribution in [0.1, 0.15) is 25.0 Å². The number of hydrogen-bond acceptors (Lipinski definition) is 4. The second kappa shape index (κ2) is 5.58. The summed E-state index contributed by atoms with van der Waals surface area (Å²) in [6.45, 7) is 1.64. The van der Waals surface area contributed by atoms with E-state index in [1.807, 2.05) is 36.5 Å². The Bertz CT molecular complexity index is 593. The molecule has 2 heterocycles. The van der Waals surface area contributed by atoms with Crippen LogP contribution in [0.3, 0.4) is 0 Å². The van der Waals surface area contributed by atoms with Gasteiger partial charge in [0.25, 0.3) is 0 Å². The Morgan fingerprint density at radius 3 is 2.86 bits per heavy atom. The lowest BCUT2D eigenvalue weighted by molar-refractivity contribution is 0.0808. The van der Waals surface area contributed by atoms with E-state index in [0.717, 1.165) is 36.9 Å². The van der Waals surface area contributed by atoms with E-state index in [2.05, 4.69) is 15.5 Å². The molecular formula is C16H20N4O. The number of rotatable bonds is 5. The van der Waals surface area contributed by atoms with Crippen LogP contribution in [0, 0.1) is 5.92 Å². The van der Waals surface area contributed by atoms with Crippen molar-refractivity contribution in [3.63, 3.8) is 0 Å². The minimum absolute atomic E-state index is 0.411. The average Bonchev–Trinajstić information content (AvgIpc) is 3.09. The Morgan fingerprint density at radius 2 is 2.05 bits per heavy atom. The minimum atomic E-state index is 0.411. The van der Waals surface area contributed by atoms with Crippen molar-refractivity contribution in [3.05, 3.63) is 42.2 Å². The van der Waals surface area contributed by atoms with E-state index in [9.17, 15) is 0 Å². The normalized spacial score (nSPS) is 25.3. The molecule has 2 aliphatic rings. The summed E-state index contributed by atoms with van der Waals surface area (Å²) in [6.07, 6.45) is 6.00. The van der Waals surface area contributed by atoms with E-state index in [1.165, 1.54) is 12.8 Å². The molecule has 5 nitrogen and oxygen atoms in total. The molecule has 0 amide bonds. The smallest absolute Gasteiger partial charge is 0.0969 e. The van der Waals surface area contributed by atoms with E-state index < -0.39 is 0 Å². The molecule has 21 heavy (non-hydrogen) atoms. The van der Waals surface area contributed by atoms with Crippen LogP contribution in [-0.2, 0) is 11.3 Å². The number of aromatic nitrogens is 3. The van der Waals surface area contributed by atoms with Crippen molar-refractivity contribution < 1.29 is 4.74 Å². The summed E-state index contributed by atoms with van der Waals surface area (Å²) in [5, 5.41) is 12.5. The van der Waals surface area contributed by atoms with Gasteiger partial charge in [-0.3, -0.25) is 0 Å². The maximum atomic E-state index is 5.85. The maximum absolute atomic E-state index is 5.85. The van der Waals surface area contributed by atoms with Gasteiger partial charge in [0.15, 0.2) is 0 Å². The van der Waals surface area contributed by atoms with Gasteiger partial charge in [-0.1, -0.05) is 18.2 Å². The van der Waals surface area contributed by atoms with Crippen molar-refractivity contribution >= 4 is 0 Å². The van der Waals surface area contributed by atoms with Crippen LogP contribution in [0.25, 0.3) is 5.69 Å². The maximum Gasteiger partial charge on any atom is 0.0969 e. The molecule has 1 aliphatic heterocycles. The molecule has 1 aliphatic carbocycles. The summed E-state index contributed by atoms with van der Waals surface area (Å²) >= 11 is 0. The van der Waals surface area contributed by atoms with E-state index in [0.29, 0.717) is 12.1 Å². The summed E-state index contributed by atoms with van der Waals surface area (Å²) in [5.41, 5.74) is 1.96. The van der Waals surface area contributed by atoms with Crippen LogP contribution in [0.2, 0.25) is 0 Å². The SMILES string of the molecule is c1ccc(-n2ncc(CNC3CCOC3C3CC3)n2)cc1. The minimum Gasteiger partial charge on any atom is -0.376 e. The molecule has 110 valence electrons. The summed E-state index contributed by atoms with van der Waals surface area (Å²) in [6, 6.07) is 10.5. The summed E-state index contributed by atoms with van der Waals surface area (Å²) in [4.78, 5) is 1.68. The van der Waals surface area contributed by atoms with Crippen molar-refractivity contribution in [2.24, 2.45) is 5.92 Å². The van der Waals surface area contributed by atoms with Crippen molar-refractivity contribution in [1.29, 1.82) is 0 Å². The fourth-order valence-corrected chi connectivity index (χ4v) is 3.02. The molecule has 1 N–H and O–H groups in total. The van der Waals surface area contributed by atoms with Crippen molar-refractivity contribution in [2.75, 3.05) is 6.61 Å².